The number of carbonyl (C=O) groups excluding carboxylic acids is 2. The number of fused-ring (bicyclic) bond motifs is 1. The van der Waals surface area contributed by atoms with Gasteiger partial charge in [0.25, 0.3) is 11.8 Å². The first-order valence-electron chi connectivity index (χ1n) is 9.58. The van der Waals surface area contributed by atoms with E-state index in [1.54, 1.807) is 0 Å². The van der Waals surface area contributed by atoms with Gasteiger partial charge >= 0.3 is 0 Å². The number of rotatable bonds is 5. The molecule has 0 spiro atoms. The molecule has 0 unspecified atom stereocenters. The van der Waals surface area contributed by atoms with Gasteiger partial charge in [-0.05, 0) is 67.1 Å². The fourth-order valence-electron chi connectivity index (χ4n) is 3.40. The van der Waals surface area contributed by atoms with Crippen molar-refractivity contribution >= 4 is 34.5 Å². The van der Waals surface area contributed by atoms with Crippen molar-refractivity contribution in [2.24, 2.45) is 0 Å². The van der Waals surface area contributed by atoms with E-state index < -0.39 is 0 Å². The van der Waals surface area contributed by atoms with E-state index in [1.807, 2.05) is 71.8 Å². The van der Waals surface area contributed by atoms with Gasteiger partial charge < -0.3 is 15.0 Å². The molecule has 1 N–H and O–H groups in total. The number of hydrogen-bond donors (Lipinski definition) is 1. The van der Waals surface area contributed by atoms with E-state index in [-0.39, 0.29) is 18.4 Å². The van der Waals surface area contributed by atoms with Crippen LogP contribution in [0, 0.1) is 6.92 Å². The van der Waals surface area contributed by atoms with Crippen molar-refractivity contribution < 1.29 is 14.3 Å². The topological polar surface area (TPSA) is 58.6 Å². The molecule has 1 aliphatic heterocycles. The van der Waals surface area contributed by atoms with Crippen molar-refractivity contribution in [1.82, 2.24) is 0 Å². The van der Waals surface area contributed by atoms with Crippen LogP contribution >= 0.6 is 11.3 Å². The molecule has 0 atom stereocenters. The summed E-state index contributed by atoms with van der Waals surface area (Å²) in [6, 6.07) is 17.0. The predicted octanol–water partition coefficient (Wildman–Crippen LogP) is 4.67. The normalized spacial score (nSPS) is 12.9. The molecule has 0 saturated carbocycles. The lowest BCUT2D eigenvalue weighted by Crippen LogP contribution is -2.35. The third-order valence-corrected chi connectivity index (χ3v) is 5.71. The minimum atomic E-state index is -0.215. The largest absolute Gasteiger partial charge is 0.484 e. The number of anilines is 2. The second-order valence-corrected chi connectivity index (χ2v) is 7.98. The molecule has 0 fully saturated rings. The zero-order valence-corrected chi connectivity index (χ0v) is 17.0. The summed E-state index contributed by atoms with van der Waals surface area (Å²) in [7, 11) is 0. The summed E-state index contributed by atoms with van der Waals surface area (Å²) in [5.41, 5.74) is 3.84. The molecule has 1 aliphatic rings. The van der Waals surface area contributed by atoms with Gasteiger partial charge in [-0.3, -0.25) is 9.59 Å². The van der Waals surface area contributed by atoms with Crippen molar-refractivity contribution in [1.29, 1.82) is 0 Å². The molecule has 0 radical (unpaired) electrons. The highest BCUT2D eigenvalue weighted by Crippen LogP contribution is 2.31. The van der Waals surface area contributed by atoms with Crippen LogP contribution in [0.25, 0.3) is 0 Å². The van der Waals surface area contributed by atoms with E-state index in [4.69, 9.17) is 4.74 Å². The van der Waals surface area contributed by atoms with Crippen LogP contribution in [0.1, 0.15) is 27.2 Å². The van der Waals surface area contributed by atoms with Gasteiger partial charge in [-0.2, -0.15) is 0 Å². The monoisotopic (exact) mass is 406 g/mol. The molecule has 6 heteroatoms. The third-order valence-electron chi connectivity index (χ3n) is 4.85. The maximum Gasteiger partial charge on any atom is 0.268 e. The van der Waals surface area contributed by atoms with Gasteiger partial charge in [0.2, 0.25) is 0 Å². The number of thiophene rings is 1. The number of carbonyl (C=O) groups is 2. The van der Waals surface area contributed by atoms with Gasteiger partial charge in [0.15, 0.2) is 6.61 Å². The number of nitrogens with one attached hydrogen (secondary N) is 1. The molecule has 1 aromatic heterocycles. The molecule has 29 heavy (non-hydrogen) atoms. The minimum absolute atomic E-state index is 0.0317. The van der Waals surface area contributed by atoms with Gasteiger partial charge in [0.1, 0.15) is 5.75 Å². The summed E-state index contributed by atoms with van der Waals surface area (Å²) < 4.78 is 5.53. The van der Waals surface area contributed by atoms with Crippen LogP contribution in [0.4, 0.5) is 11.4 Å². The molecule has 2 amide bonds. The van der Waals surface area contributed by atoms with E-state index >= 15 is 0 Å². The number of hydrogen-bond acceptors (Lipinski definition) is 4. The molecule has 2 aromatic carbocycles. The van der Waals surface area contributed by atoms with Crippen LogP contribution in [0.2, 0.25) is 0 Å². The standard InChI is InChI=1S/C23H22N2O3S/c1-16-6-9-19(10-7-16)28-15-22(26)24-18-8-11-20-17(14-18)4-2-12-25(20)23(27)21-5-3-13-29-21/h3,5-11,13-14H,2,4,12,15H2,1H3,(H,24,26). The lowest BCUT2D eigenvalue weighted by atomic mass is 10.0. The first-order valence-corrected chi connectivity index (χ1v) is 10.5. The van der Waals surface area contributed by atoms with Crippen LogP contribution in [0.3, 0.4) is 0 Å². The zero-order chi connectivity index (χ0) is 20.2. The van der Waals surface area contributed by atoms with Gasteiger partial charge in [-0.1, -0.05) is 23.8 Å². The van der Waals surface area contributed by atoms with Crippen molar-refractivity contribution in [2.45, 2.75) is 19.8 Å². The molecule has 5 nitrogen and oxygen atoms in total. The molecule has 3 aromatic rings. The van der Waals surface area contributed by atoms with Crippen LogP contribution < -0.4 is 15.0 Å². The highest BCUT2D eigenvalue weighted by molar-refractivity contribution is 7.12. The summed E-state index contributed by atoms with van der Waals surface area (Å²) in [5.74, 6) is 0.482. The van der Waals surface area contributed by atoms with E-state index in [2.05, 4.69) is 5.32 Å². The minimum Gasteiger partial charge on any atom is -0.484 e. The van der Waals surface area contributed by atoms with Gasteiger partial charge in [0, 0.05) is 17.9 Å². The molecular formula is C23H22N2O3S. The van der Waals surface area contributed by atoms with Crippen molar-refractivity contribution in [3.05, 3.63) is 76.0 Å². The van der Waals surface area contributed by atoms with E-state index in [0.717, 1.165) is 34.5 Å². The number of benzene rings is 2. The second-order valence-electron chi connectivity index (χ2n) is 7.03. The smallest absolute Gasteiger partial charge is 0.268 e. The second kappa shape index (κ2) is 8.49. The molecule has 2 heterocycles. The van der Waals surface area contributed by atoms with Crippen LogP contribution in [-0.2, 0) is 11.2 Å². The number of amides is 2. The maximum atomic E-state index is 12.8. The summed E-state index contributed by atoms with van der Waals surface area (Å²) >= 11 is 1.45. The SMILES string of the molecule is Cc1ccc(OCC(=O)Nc2ccc3c(c2)CCCN3C(=O)c2cccs2)cc1. The lowest BCUT2D eigenvalue weighted by molar-refractivity contribution is -0.118. The quantitative estimate of drug-likeness (QED) is 0.670. The Morgan fingerprint density at radius 1 is 1.14 bits per heavy atom. The molecule has 148 valence electrons. The summed E-state index contributed by atoms with van der Waals surface area (Å²) in [5, 5.41) is 4.79. The Morgan fingerprint density at radius 3 is 2.72 bits per heavy atom. The van der Waals surface area contributed by atoms with Crippen LogP contribution in [0.5, 0.6) is 5.75 Å². The van der Waals surface area contributed by atoms with E-state index in [1.165, 1.54) is 11.3 Å². The molecular weight excluding hydrogens is 384 g/mol. The van der Waals surface area contributed by atoms with Crippen LogP contribution in [0.15, 0.2) is 60.0 Å². The summed E-state index contributed by atoms with van der Waals surface area (Å²) in [6.07, 6.45) is 1.78. The Kier molecular flexibility index (Phi) is 5.62. The van der Waals surface area contributed by atoms with E-state index in [0.29, 0.717) is 18.0 Å². The summed E-state index contributed by atoms with van der Waals surface area (Å²) in [4.78, 5) is 27.6. The Morgan fingerprint density at radius 2 is 1.97 bits per heavy atom. The van der Waals surface area contributed by atoms with Gasteiger partial charge in [-0.25, -0.2) is 0 Å². The fraction of sp³-hybridized carbons (Fsp3) is 0.217. The van der Waals surface area contributed by atoms with E-state index in [9.17, 15) is 9.59 Å². The van der Waals surface area contributed by atoms with Crippen molar-refractivity contribution in [3.8, 4) is 5.75 Å². The van der Waals surface area contributed by atoms with Crippen molar-refractivity contribution in [2.75, 3.05) is 23.4 Å². The summed E-state index contributed by atoms with van der Waals surface area (Å²) in [6.45, 7) is 2.66. The molecule has 4 rings (SSSR count). The first-order chi connectivity index (χ1) is 14.1. The average molecular weight is 407 g/mol. The molecule has 0 saturated heterocycles. The average Bonchev–Trinajstić information content (AvgIpc) is 3.27. The predicted molar refractivity (Wildman–Crippen MR) is 116 cm³/mol. The number of aryl methyl sites for hydroxylation is 2. The zero-order valence-electron chi connectivity index (χ0n) is 16.2. The van der Waals surface area contributed by atoms with Gasteiger partial charge in [-0.15, -0.1) is 11.3 Å². The Hall–Kier alpha value is -3.12. The third kappa shape index (κ3) is 4.49. The number of nitrogens with zero attached hydrogens (tertiary/aromatic N) is 1. The van der Waals surface area contributed by atoms with Crippen LogP contribution in [-0.4, -0.2) is 25.0 Å². The Labute approximate surface area is 173 Å². The highest BCUT2D eigenvalue weighted by Gasteiger charge is 2.24. The van der Waals surface area contributed by atoms with Crippen molar-refractivity contribution in [3.63, 3.8) is 0 Å². The molecule has 0 aliphatic carbocycles. The van der Waals surface area contributed by atoms with Gasteiger partial charge in [0.05, 0.1) is 4.88 Å². The molecule has 0 bridgehead atoms. The highest BCUT2D eigenvalue weighted by atomic mass is 32.1. The lowest BCUT2D eigenvalue weighted by Gasteiger charge is -2.29. The number of ether oxygens (including phenoxy) is 1. The Balaban J connectivity index is 1.41. The fourth-order valence-corrected chi connectivity index (χ4v) is 4.07. The maximum absolute atomic E-state index is 12.8. The Bertz CT molecular complexity index is 1010. The first kappa shape index (κ1) is 19.2.